The van der Waals surface area contributed by atoms with Crippen molar-refractivity contribution in [2.24, 2.45) is 0 Å². The predicted octanol–water partition coefficient (Wildman–Crippen LogP) is 7.13. The monoisotopic (exact) mass is 437 g/mol. The molecule has 0 aromatic heterocycles. The second-order valence-electron chi connectivity index (χ2n) is 6.96. The maximum absolute atomic E-state index is 13.1. The lowest BCUT2D eigenvalue weighted by atomic mass is 9.94. The van der Waals surface area contributed by atoms with Crippen LogP contribution in [0.15, 0.2) is 72.8 Å². The Hall–Kier alpha value is -3.29. The van der Waals surface area contributed by atoms with E-state index in [0.717, 1.165) is 5.56 Å². The summed E-state index contributed by atoms with van der Waals surface area (Å²) < 4.78 is 78.7. The zero-order chi connectivity index (χ0) is 22.8. The minimum atomic E-state index is -4.98. The molecule has 1 unspecified atom stereocenters. The van der Waals surface area contributed by atoms with Gasteiger partial charge in [0.25, 0.3) is 0 Å². The van der Waals surface area contributed by atoms with E-state index in [4.69, 9.17) is 0 Å². The summed E-state index contributed by atoms with van der Waals surface area (Å²) in [7, 11) is 0. The molecule has 1 atom stereocenters. The molecule has 3 aromatic rings. The number of rotatable bonds is 4. The molecule has 1 N–H and O–H groups in total. The van der Waals surface area contributed by atoms with Gasteiger partial charge < -0.3 is 5.32 Å². The van der Waals surface area contributed by atoms with Crippen LogP contribution in [0, 0.1) is 0 Å². The molecule has 0 bridgehead atoms. The average molecular weight is 437 g/mol. The summed E-state index contributed by atoms with van der Waals surface area (Å²) in [5.74, 6) is -1.98. The lowest BCUT2D eigenvalue weighted by Gasteiger charge is -2.19. The topological polar surface area (TPSA) is 29.1 Å². The smallest absolute Gasteiger partial charge is 0.325 e. The van der Waals surface area contributed by atoms with Crippen molar-refractivity contribution >= 4 is 11.6 Å². The first-order valence-corrected chi connectivity index (χ1v) is 9.21. The first kappa shape index (κ1) is 22.4. The van der Waals surface area contributed by atoms with E-state index in [1.165, 1.54) is 6.92 Å². The molecule has 0 fully saturated rings. The molecule has 162 valence electrons. The Morgan fingerprint density at radius 2 is 1.29 bits per heavy atom. The molecule has 31 heavy (non-hydrogen) atoms. The summed E-state index contributed by atoms with van der Waals surface area (Å²) in [5.41, 5.74) is -1.43. The minimum Gasteiger partial charge on any atom is -0.325 e. The van der Waals surface area contributed by atoms with Crippen LogP contribution in [0.4, 0.5) is 32.0 Å². The SMILES string of the molecule is CC(C(=O)Nc1ccccc1-c1ccccc1)c1cc(C(F)(F)F)cc(C(F)(F)F)c1. The average Bonchev–Trinajstić information content (AvgIpc) is 2.72. The molecule has 1 amide bonds. The standard InChI is InChI=1S/C23H17F6NO/c1-14(16-11-17(22(24,25)26)13-18(12-16)23(27,28)29)21(31)30-20-10-6-5-9-19(20)15-7-3-2-4-8-15/h2-14H,1H3,(H,30,31). The third kappa shape index (κ3) is 5.25. The normalized spacial score (nSPS) is 13.0. The number of halogens is 6. The number of carbonyl (C=O) groups is 1. The highest BCUT2D eigenvalue weighted by Crippen LogP contribution is 2.38. The summed E-state index contributed by atoms with van der Waals surface area (Å²) in [5, 5.41) is 2.62. The molecule has 3 rings (SSSR count). The minimum absolute atomic E-state index is 0.0405. The van der Waals surface area contributed by atoms with Gasteiger partial charge in [0, 0.05) is 11.3 Å². The number of hydrogen-bond donors (Lipinski definition) is 1. The quantitative estimate of drug-likeness (QED) is 0.432. The van der Waals surface area contributed by atoms with Crippen molar-refractivity contribution in [1.29, 1.82) is 0 Å². The number of amides is 1. The fourth-order valence-corrected chi connectivity index (χ4v) is 3.08. The number of alkyl halides is 6. The largest absolute Gasteiger partial charge is 0.416 e. The van der Waals surface area contributed by atoms with Crippen molar-refractivity contribution in [3.8, 4) is 11.1 Å². The van der Waals surface area contributed by atoms with E-state index in [-0.39, 0.29) is 11.6 Å². The van der Waals surface area contributed by atoms with E-state index in [1.54, 1.807) is 36.4 Å². The highest BCUT2D eigenvalue weighted by Gasteiger charge is 2.37. The molecule has 0 spiro atoms. The van der Waals surface area contributed by atoms with E-state index >= 15 is 0 Å². The zero-order valence-electron chi connectivity index (χ0n) is 16.2. The molecule has 0 aliphatic rings. The number of hydrogen-bond acceptors (Lipinski definition) is 1. The van der Waals surface area contributed by atoms with E-state index < -0.39 is 35.3 Å². The fourth-order valence-electron chi connectivity index (χ4n) is 3.08. The summed E-state index contributed by atoms with van der Waals surface area (Å²) in [6.45, 7) is 1.26. The van der Waals surface area contributed by atoms with Gasteiger partial charge in [-0.25, -0.2) is 0 Å². The molecule has 8 heteroatoms. The molecule has 0 aliphatic heterocycles. The third-order valence-corrected chi connectivity index (χ3v) is 4.77. The second-order valence-corrected chi connectivity index (χ2v) is 6.96. The van der Waals surface area contributed by atoms with Gasteiger partial charge in [0.05, 0.1) is 17.0 Å². The van der Waals surface area contributed by atoms with Gasteiger partial charge in [0.15, 0.2) is 0 Å². The van der Waals surface area contributed by atoms with Gasteiger partial charge in [-0.15, -0.1) is 0 Å². The molecule has 0 heterocycles. The Morgan fingerprint density at radius 1 is 0.774 bits per heavy atom. The zero-order valence-corrected chi connectivity index (χ0v) is 16.2. The van der Waals surface area contributed by atoms with Gasteiger partial charge in [0.1, 0.15) is 0 Å². The lowest BCUT2D eigenvalue weighted by molar-refractivity contribution is -0.143. The Bertz CT molecular complexity index is 1040. The van der Waals surface area contributed by atoms with E-state index in [1.807, 2.05) is 18.2 Å². The van der Waals surface area contributed by atoms with Gasteiger partial charge in [-0.1, -0.05) is 48.5 Å². The number of carbonyl (C=O) groups excluding carboxylic acids is 1. The fraction of sp³-hybridized carbons (Fsp3) is 0.174. The van der Waals surface area contributed by atoms with Crippen molar-refractivity contribution in [3.05, 3.63) is 89.5 Å². The van der Waals surface area contributed by atoms with Crippen LogP contribution in [0.2, 0.25) is 0 Å². The Labute approximate surface area is 174 Å². The highest BCUT2D eigenvalue weighted by atomic mass is 19.4. The van der Waals surface area contributed by atoms with Crippen LogP contribution in [0.3, 0.4) is 0 Å². The van der Waals surface area contributed by atoms with Crippen LogP contribution in [-0.4, -0.2) is 5.91 Å². The first-order valence-electron chi connectivity index (χ1n) is 9.21. The van der Waals surface area contributed by atoms with Crippen LogP contribution in [0.25, 0.3) is 11.1 Å². The van der Waals surface area contributed by atoms with Crippen LogP contribution in [-0.2, 0) is 17.1 Å². The van der Waals surface area contributed by atoms with Crippen molar-refractivity contribution in [2.45, 2.75) is 25.2 Å². The molecule has 0 saturated carbocycles. The molecular formula is C23H17F6NO. The number of nitrogens with one attached hydrogen (secondary N) is 1. The van der Waals surface area contributed by atoms with Crippen LogP contribution in [0.5, 0.6) is 0 Å². The summed E-state index contributed by atoms with van der Waals surface area (Å²) in [6, 6.07) is 17.0. The van der Waals surface area contributed by atoms with Crippen LogP contribution < -0.4 is 5.32 Å². The summed E-state index contributed by atoms with van der Waals surface area (Å²) in [6.07, 6.45) is -9.96. The maximum atomic E-state index is 13.1. The maximum Gasteiger partial charge on any atom is 0.416 e. The Balaban J connectivity index is 1.95. The van der Waals surface area contributed by atoms with Gasteiger partial charge >= 0.3 is 12.4 Å². The van der Waals surface area contributed by atoms with Crippen molar-refractivity contribution < 1.29 is 31.1 Å². The van der Waals surface area contributed by atoms with E-state index in [0.29, 0.717) is 23.4 Å². The number of anilines is 1. The highest BCUT2D eigenvalue weighted by molar-refractivity contribution is 5.99. The molecule has 0 radical (unpaired) electrons. The number of benzene rings is 3. The van der Waals surface area contributed by atoms with Gasteiger partial charge in [-0.3, -0.25) is 4.79 Å². The van der Waals surface area contributed by atoms with E-state index in [2.05, 4.69) is 5.32 Å². The molecule has 0 aliphatic carbocycles. The lowest BCUT2D eigenvalue weighted by Crippen LogP contribution is -2.21. The van der Waals surface area contributed by atoms with Crippen molar-refractivity contribution in [2.75, 3.05) is 5.32 Å². The molecular weight excluding hydrogens is 420 g/mol. The van der Waals surface area contributed by atoms with Crippen molar-refractivity contribution in [1.82, 2.24) is 0 Å². The van der Waals surface area contributed by atoms with Crippen molar-refractivity contribution in [3.63, 3.8) is 0 Å². The number of para-hydroxylation sites is 1. The second kappa shape index (κ2) is 8.45. The predicted molar refractivity (Wildman–Crippen MR) is 105 cm³/mol. The van der Waals surface area contributed by atoms with Gasteiger partial charge in [-0.05, 0) is 42.3 Å². The first-order chi connectivity index (χ1) is 14.5. The molecule has 3 aromatic carbocycles. The van der Waals surface area contributed by atoms with Gasteiger partial charge in [-0.2, -0.15) is 26.3 Å². The Kier molecular flexibility index (Phi) is 6.10. The van der Waals surface area contributed by atoms with Crippen LogP contribution in [0.1, 0.15) is 29.5 Å². The molecule has 2 nitrogen and oxygen atoms in total. The van der Waals surface area contributed by atoms with Gasteiger partial charge in [0.2, 0.25) is 5.91 Å². The summed E-state index contributed by atoms with van der Waals surface area (Å²) >= 11 is 0. The molecule has 0 saturated heterocycles. The summed E-state index contributed by atoms with van der Waals surface area (Å²) in [4.78, 5) is 12.7. The van der Waals surface area contributed by atoms with E-state index in [9.17, 15) is 31.1 Å². The Morgan fingerprint density at radius 3 is 1.84 bits per heavy atom. The third-order valence-electron chi connectivity index (χ3n) is 4.77. The van der Waals surface area contributed by atoms with Crippen LogP contribution >= 0.6 is 0 Å².